The number of nitrogens with one attached hydrogen (secondary N) is 2. The van der Waals surface area contributed by atoms with Crippen LogP contribution < -0.4 is 5.69 Å². The van der Waals surface area contributed by atoms with E-state index in [2.05, 4.69) is 15.0 Å². The molecule has 1 saturated heterocycles. The normalized spacial score (nSPS) is 18.6. The third kappa shape index (κ3) is 2.70. The van der Waals surface area contributed by atoms with E-state index in [1.54, 1.807) is 17.4 Å². The monoisotopic (exact) mass is 400 g/mol. The number of rotatable bonds is 3. The number of hydrogen-bond acceptors (Lipinski definition) is 5. The van der Waals surface area contributed by atoms with Gasteiger partial charge in [0.05, 0.1) is 32.2 Å². The summed E-state index contributed by atoms with van der Waals surface area (Å²) in [4.78, 5) is 21.5. The van der Waals surface area contributed by atoms with Gasteiger partial charge < -0.3 is 9.97 Å². The maximum Gasteiger partial charge on any atom is 0.323 e. The summed E-state index contributed by atoms with van der Waals surface area (Å²) in [5.74, 6) is 0. The van der Waals surface area contributed by atoms with Crippen molar-refractivity contribution in [2.45, 2.75) is 23.8 Å². The summed E-state index contributed by atoms with van der Waals surface area (Å²) in [5.41, 5.74) is 1.61. The van der Waals surface area contributed by atoms with Crippen LogP contribution >= 0.6 is 11.3 Å². The van der Waals surface area contributed by atoms with E-state index >= 15 is 0 Å². The Kier molecular flexibility index (Phi) is 3.71. The number of aromatic amines is 2. The lowest BCUT2D eigenvalue weighted by molar-refractivity contribution is 0.396. The van der Waals surface area contributed by atoms with Crippen LogP contribution in [-0.4, -0.2) is 34.2 Å². The highest BCUT2D eigenvalue weighted by Gasteiger charge is 2.38. The Hall–Kier alpha value is -2.49. The van der Waals surface area contributed by atoms with Crippen molar-refractivity contribution in [1.82, 2.24) is 19.3 Å². The van der Waals surface area contributed by atoms with Crippen molar-refractivity contribution in [3.63, 3.8) is 0 Å². The molecule has 0 spiro atoms. The van der Waals surface area contributed by atoms with Crippen molar-refractivity contribution >= 4 is 42.6 Å². The fourth-order valence-electron chi connectivity index (χ4n) is 3.61. The lowest BCUT2D eigenvalue weighted by atomic mass is 10.2. The van der Waals surface area contributed by atoms with Gasteiger partial charge in [0, 0.05) is 6.54 Å². The zero-order valence-electron chi connectivity index (χ0n) is 14.2. The van der Waals surface area contributed by atoms with E-state index in [0.29, 0.717) is 17.6 Å². The highest BCUT2D eigenvalue weighted by molar-refractivity contribution is 7.89. The lowest BCUT2D eigenvalue weighted by Gasteiger charge is -2.22. The molecule has 0 amide bonds. The van der Waals surface area contributed by atoms with Gasteiger partial charge in [-0.3, -0.25) is 0 Å². The molecule has 0 bridgehead atoms. The highest BCUT2D eigenvalue weighted by Crippen LogP contribution is 2.39. The van der Waals surface area contributed by atoms with Crippen molar-refractivity contribution in [1.29, 1.82) is 0 Å². The number of nitrogens with zero attached hydrogens (tertiary/aromatic N) is 2. The van der Waals surface area contributed by atoms with Crippen LogP contribution in [0.4, 0.5) is 0 Å². The number of hydrogen-bond donors (Lipinski definition) is 2. The Balaban J connectivity index is 1.56. The van der Waals surface area contributed by atoms with Crippen molar-refractivity contribution in [3.8, 4) is 0 Å². The second kappa shape index (κ2) is 6.01. The molecule has 2 aromatic heterocycles. The van der Waals surface area contributed by atoms with Gasteiger partial charge in [-0.2, -0.15) is 4.31 Å². The fraction of sp³-hybridized carbons (Fsp3) is 0.222. The van der Waals surface area contributed by atoms with Gasteiger partial charge in [0.1, 0.15) is 5.01 Å². The number of thiazole rings is 1. The summed E-state index contributed by atoms with van der Waals surface area (Å²) < 4.78 is 29.2. The molecule has 0 aliphatic carbocycles. The minimum Gasteiger partial charge on any atom is -0.306 e. The molecule has 4 aromatic rings. The molecule has 9 heteroatoms. The second-order valence-electron chi connectivity index (χ2n) is 6.58. The van der Waals surface area contributed by atoms with Crippen LogP contribution in [0.15, 0.2) is 52.2 Å². The van der Waals surface area contributed by atoms with Gasteiger partial charge in [0.15, 0.2) is 0 Å². The van der Waals surface area contributed by atoms with Gasteiger partial charge in [-0.25, -0.2) is 18.2 Å². The maximum absolute atomic E-state index is 13.3. The van der Waals surface area contributed by atoms with Crippen molar-refractivity contribution < 1.29 is 8.42 Å². The van der Waals surface area contributed by atoms with Crippen molar-refractivity contribution in [2.24, 2.45) is 0 Å². The zero-order chi connectivity index (χ0) is 18.6. The molecule has 27 heavy (non-hydrogen) atoms. The van der Waals surface area contributed by atoms with Gasteiger partial charge in [0.2, 0.25) is 10.0 Å². The summed E-state index contributed by atoms with van der Waals surface area (Å²) in [5, 5.41) is 0.827. The smallest absolute Gasteiger partial charge is 0.306 e. The van der Waals surface area contributed by atoms with E-state index in [4.69, 9.17) is 0 Å². The first-order valence-electron chi connectivity index (χ1n) is 8.62. The minimum atomic E-state index is -3.69. The van der Waals surface area contributed by atoms with Gasteiger partial charge in [-0.1, -0.05) is 12.1 Å². The van der Waals surface area contributed by atoms with Crippen molar-refractivity contribution in [2.75, 3.05) is 6.54 Å². The molecule has 1 aliphatic heterocycles. The van der Waals surface area contributed by atoms with Crippen LogP contribution in [0.5, 0.6) is 0 Å². The lowest BCUT2D eigenvalue weighted by Crippen LogP contribution is -2.30. The highest BCUT2D eigenvalue weighted by atomic mass is 32.2. The third-order valence-electron chi connectivity index (χ3n) is 4.89. The Bertz CT molecular complexity index is 1290. The van der Waals surface area contributed by atoms with Crippen LogP contribution in [0.3, 0.4) is 0 Å². The summed E-state index contributed by atoms with van der Waals surface area (Å²) >= 11 is 1.55. The first-order valence-corrected chi connectivity index (χ1v) is 10.9. The van der Waals surface area contributed by atoms with Gasteiger partial charge >= 0.3 is 5.69 Å². The second-order valence-corrected chi connectivity index (χ2v) is 9.53. The molecule has 0 radical (unpaired) electrons. The number of benzene rings is 2. The number of aromatic nitrogens is 3. The average molecular weight is 400 g/mol. The number of imidazole rings is 1. The number of H-pyrrole nitrogens is 2. The Labute approximate surface area is 158 Å². The number of para-hydroxylation sites is 1. The van der Waals surface area contributed by atoms with E-state index in [-0.39, 0.29) is 16.6 Å². The van der Waals surface area contributed by atoms with Crippen LogP contribution in [0.25, 0.3) is 21.3 Å². The molecular formula is C18H16N4O3S2. The van der Waals surface area contributed by atoms with E-state index in [0.717, 1.165) is 28.1 Å². The average Bonchev–Trinajstić information content (AvgIpc) is 3.36. The third-order valence-corrected chi connectivity index (χ3v) is 7.94. The maximum atomic E-state index is 13.3. The Morgan fingerprint density at radius 3 is 2.78 bits per heavy atom. The van der Waals surface area contributed by atoms with Gasteiger partial charge in [-0.05, 0) is 43.2 Å². The topological polar surface area (TPSA) is 98.9 Å². The first kappa shape index (κ1) is 16.7. The molecule has 2 aromatic carbocycles. The summed E-state index contributed by atoms with van der Waals surface area (Å²) in [7, 11) is -3.69. The van der Waals surface area contributed by atoms with Crippen LogP contribution in [0.1, 0.15) is 23.9 Å². The standard InChI is InChI=1S/C18H16N4O3S2/c23-18-20-12-8-7-11(10-14(12)21-18)27(24,25)22-9-3-5-15(22)17-19-13-4-1-2-6-16(13)26-17/h1-2,4,6-8,10,15H,3,5,9H2,(H2,20,21,23)/t15-/m0/s1. The predicted octanol–water partition coefficient (Wildman–Crippen LogP) is 2.99. The Morgan fingerprint density at radius 1 is 1.11 bits per heavy atom. The van der Waals surface area contributed by atoms with Crippen LogP contribution in [0.2, 0.25) is 0 Å². The van der Waals surface area contributed by atoms with E-state index in [1.807, 2.05) is 24.3 Å². The van der Waals surface area contributed by atoms with Crippen LogP contribution in [0, 0.1) is 0 Å². The molecule has 0 unspecified atom stereocenters. The molecule has 1 atom stereocenters. The SMILES string of the molecule is O=c1[nH]c2ccc(S(=O)(=O)N3CCC[C@H]3c3nc4ccccc4s3)cc2[nH]1. The largest absolute Gasteiger partial charge is 0.323 e. The number of sulfonamides is 1. The zero-order valence-corrected chi connectivity index (χ0v) is 15.8. The van der Waals surface area contributed by atoms with E-state index < -0.39 is 10.0 Å². The van der Waals surface area contributed by atoms with Crippen LogP contribution in [-0.2, 0) is 10.0 Å². The van der Waals surface area contributed by atoms with E-state index in [9.17, 15) is 13.2 Å². The molecule has 0 saturated carbocycles. The fourth-order valence-corrected chi connectivity index (χ4v) is 6.48. The molecule has 3 heterocycles. The summed E-state index contributed by atoms with van der Waals surface area (Å²) in [6.07, 6.45) is 1.55. The summed E-state index contributed by atoms with van der Waals surface area (Å²) in [6.45, 7) is 0.463. The molecule has 1 fully saturated rings. The quantitative estimate of drug-likeness (QED) is 0.552. The molecular weight excluding hydrogens is 384 g/mol. The molecule has 7 nitrogen and oxygen atoms in total. The van der Waals surface area contributed by atoms with Gasteiger partial charge in [0.25, 0.3) is 0 Å². The van der Waals surface area contributed by atoms with Gasteiger partial charge in [-0.15, -0.1) is 11.3 Å². The minimum absolute atomic E-state index is 0.179. The molecule has 138 valence electrons. The Morgan fingerprint density at radius 2 is 1.93 bits per heavy atom. The molecule has 2 N–H and O–H groups in total. The van der Waals surface area contributed by atoms with Crippen molar-refractivity contribution in [3.05, 3.63) is 58.0 Å². The summed E-state index contributed by atoms with van der Waals surface area (Å²) in [6, 6.07) is 12.2. The molecule has 5 rings (SSSR count). The predicted molar refractivity (Wildman–Crippen MR) is 104 cm³/mol. The van der Waals surface area contributed by atoms with E-state index in [1.165, 1.54) is 16.4 Å². The number of fused-ring (bicyclic) bond motifs is 2. The first-order chi connectivity index (χ1) is 13.0. The molecule has 1 aliphatic rings.